The van der Waals surface area contributed by atoms with Crippen molar-refractivity contribution in [2.45, 2.75) is 19.1 Å². The van der Waals surface area contributed by atoms with Crippen molar-refractivity contribution in [1.29, 1.82) is 0 Å². The Morgan fingerprint density at radius 2 is 1.96 bits per heavy atom. The predicted octanol–water partition coefficient (Wildman–Crippen LogP) is 2.23. The fourth-order valence-electron chi connectivity index (χ4n) is 2.41. The zero-order valence-corrected chi connectivity index (χ0v) is 12.8. The Labute approximate surface area is 132 Å². The quantitative estimate of drug-likeness (QED) is 0.847. The molecule has 0 saturated carbocycles. The van der Waals surface area contributed by atoms with Gasteiger partial charge in [0.15, 0.2) is 0 Å². The lowest BCUT2D eigenvalue weighted by molar-refractivity contribution is -0.147. The number of aryl methyl sites for hydroxylation is 1. The number of aliphatic hydroxyl groups is 1. The van der Waals surface area contributed by atoms with Gasteiger partial charge >= 0.3 is 6.18 Å². The lowest BCUT2D eigenvalue weighted by Crippen LogP contribution is -2.35. The van der Waals surface area contributed by atoms with E-state index in [9.17, 15) is 13.2 Å². The molecule has 0 radical (unpaired) electrons. The first-order valence-corrected chi connectivity index (χ1v) is 7.22. The van der Waals surface area contributed by atoms with E-state index in [1.807, 2.05) is 0 Å². The first-order valence-electron chi connectivity index (χ1n) is 7.22. The summed E-state index contributed by atoms with van der Waals surface area (Å²) >= 11 is 0. The van der Waals surface area contributed by atoms with Gasteiger partial charge in [-0.05, 0) is 18.6 Å². The van der Waals surface area contributed by atoms with E-state index in [0.717, 1.165) is 5.56 Å². The number of aromatic nitrogens is 3. The molecule has 0 fully saturated rings. The minimum Gasteiger partial charge on any atom is -0.396 e. The van der Waals surface area contributed by atoms with Crippen LogP contribution in [0.5, 0.6) is 0 Å². The van der Waals surface area contributed by atoms with Crippen LogP contribution in [0.2, 0.25) is 0 Å². The Morgan fingerprint density at radius 1 is 1.26 bits per heavy atom. The number of rotatable bonds is 7. The van der Waals surface area contributed by atoms with Crippen LogP contribution in [0.3, 0.4) is 0 Å². The predicted molar refractivity (Wildman–Crippen MR) is 79.5 cm³/mol. The Bertz CT molecular complexity index is 613. The SMILES string of the molecule is Cn1cc(CN(CCCO)CC(F)(F)F)c(-c2ccncc2)n1. The van der Waals surface area contributed by atoms with Crippen LogP contribution in [-0.4, -0.2) is 50.6 Å². The molecule has 0 aliphatic carbocycles. The van der Waals surface area contributed by atoms with Crippen molar-refractivity contribution >= 4 is 0 Å². The van der Waals surface area contributed by atoms with Crippen molar-refractivity contribution in [2.75, 3.05) is 19.7 Å². The maximum Gasteiger partial charge on any atom is 0.401 e. The number of aliphatic hydroxyl groups excluding tert-OH is 1. The summed E-state index contributed by atoms with van der Waals surface area (Å²) in [5.74, 6) is 0. The average Bonchev–Trinajstić information content (AvgIpc) is 2.85. The molecule has 1 N–H and O–H groups in total. The number of nitrogens with zero attached hydrogens (tertiary/aromatic N) is 4. The first-order chi connectivity index (χ1) is 10.9. The van der Waals surface area contributed by atoms with Crippen LogP contribution < -0.4 is 0 Å². The Hall–Kier alpha value is -1.93. The summed E-state index contributed by atoms with van der Waals surface area (Å²) in [6.07, 6.45) is 0.966. The van der Waals surface area contributed by atoms with Crippen molar-refractivity contribution in [3.8, 4) is 11.3 Å². The number of alkyl halides is 3. The van der Waals surface area contributed by atoms with Crippen LogP contribution in [0, 0.1) is 0 Å². The van der Waals surface area contributed by atoms with Crippen molar-refractivity contribution in [1.82, 2.24) is 19.7 Å². The lowest BCUT2D eigenvalue weighted by Gasteiger charge is -2.23. The fourth-order valence-corrected chi connectivity index (χ4v) is 2.41. The minimum atomic E-state index is -4.28. The zero-order chi connectivity index (χ0) is 16.9. The van der Waals surface area contributed by atoms with E-state index in [1.165, 1.54) is 4.90 Å². The maximum atomic E-state index is 12.7. The molecule has 2 aromatic heterocycles. The smallest absolute Gasteiger partial charge is 0.396 e. The Kier molecular flexibility index (Phi) is 5.73. The van der Waals surface area contributed by atoms with Crippen molar-refractivity contribution in [3.05, 3.63) is 36.3 Å². The summed E-state index contributed by atoms with van der Waals surface area (Å²) in [6.45, 7) is -0.873. The topological polar surface area (TPSA) is 54.2 Å². The lowest BCUT2D eigenvalue weighted by atomic mass is 10.1. The van der Waals surface area contributed by atoms with E-state index in [2.05, 4.69) is 10.1 Å². The van der Waals surface area contributed by atoms with Gasteiger partial charge in [-0.3, -0.25) is 14.6 Å². The molecule has 0 aromatic carbocycles. The minimum absolute atomic E-state index is 0.116. The molecule has 0 atom stereocenters. The first kappa shape index (κ1) is 17.4. The highest BCUT2D eigenvalue weighted by molar-refractivity contribution is 5.61. The monoisotopic (exact) mass is 328 g/mol. The third kappa shape index (κ3) is 5.33. The molecule has 0 bridgehead atoms. The molecule has 0 aliphatic heterocycles. The molecule has 0 amide bonds. The molecule has 2 aromatic rings. The number of pyridine rings is 1. The summed E-state index contributed by atoms with van der Waals surface area (Å²) < 4.78 is 39.8. The highest BCUT2D eigenvalue weighted by atomic mass is 19.4. The second-order valence-electron chi connectivity index (χ2n) is 5.32. The molecule has 5 nitrogen and oxygen atoms in total. The third-order valence-electron chi connectivity index (χ3n) is 3.29. The van der Waals surface area contributed by atoms with Gasteiger partial charge in [0.2, 0.25) is 0 Å². The van der Waals surface area contributed by atoms with Gasteiger partial charge in [-0.15, -0.1) is 0 Å². The number of hydrogen-bond donors (Lipinski definition) is 1. The summed E-state index contributed by atoms with van der Waals surface area (Å²) in [4.78, 5) is 5.21. The fraction of sp³-hybridized carbons (Fsp3) is 0.467. The highest BCUT2D eigenvalue weighted by Crippen LogP contribution is 2.24. The van der Waals surface area contributed by atoms with Gasteiger partial charge < -0.3 is 5.11 Å². The molecular formula is C15H19F3N4O. The Morgan fingerprint density at radius 3 is 2.57 bits per heavy atom. The number of hydrogen-bond acceptors (Lipinski definition) is 4. The molecule has 126 valence electrons. The van der Waals surface area contributed by atoms with Gasteiger partial charge in [0.05, 0.1) is 12.2 Å². The summed E-state index contributed by atoms with van der Waals surface area (Å²) in [5.41, 5.74) is 2.16. The van der Waals surface area contributed by atoms with Crippen LogP contribution in [0.4, 0.5) is 13.2 Å². The van der Waals surface area contributed by atoms with E-state index in [1.54, 1.807) is 42.5 Å². The maximum absolute atomic E-state index is 12.7. The van der Waals surface area contributed by atoms with Gasteiger partial charge in [0.1, 0.15) is 0 Å². The van der Waals surface area contributed by atoms with Crippen molar-refractivity contribution in [3.63, 3.8) is 0 Å². The molecule has 2 heterocycles. The molecule has 0 unspecified atom stereocenters. The van der Waals surface area contributed by atoms with Gasteiger partial charge in [-0.25, -0.2) is 0 Å². The van der Waals surface area contributed by atoms with E-state index in [4.69, 9.17) is 5.11 Å². The molecule has 0 aliphatic rings. The zero-order valence-electron chi connectivity index (χ0n) is 12.8. The van der Waals surface area contributed by atoms with Gasteiger partial charge in [-0.1, -0.05) is 0 Å². The van der Waals surface area contributed by atoms with Gasteiger partial charge in [0.25, 0.3) is 0 Å². The summed E-state index contributed by atoms with van der Waals surface area (Å²) in [7, 11) is 1.73. The summed E-state index contributed by atoms with van der Waals surface area (Å²) in [6, 6.07) is 3.54. The van der Waals surface area contributed by atoms with Crippen molar-refractivity contribution < 1.29 is 18.3 Å². The van der Waals surface area contributed by atoms with E-state index < -0.39 is 12.7 Å². The van der Waals surface area contributed by atoms with E-state index in [0.29, 0.717) is 17.7 Å². The second kappa shape index (κ2) is 7.56. The van der Waals surface area contributed by atoms with Gasteiger partial charge in [0, 0.05) is 56.5 Å². The molecule has 8 heteroatoms. The molecule has 0 spiro atoms. The highest BCUT2D eigenvalue weighted by Gasteiger charge is 2.31. The van der Waals surface area contributed by atoms with E-state index in [-0.39, 0.29) is 19.7 Å². The van der Waals surface area contributed by atoms with Crippen LogP contribution >= 0.6 is 0 Å². The van der Waals surface area contributed by atoms with Crippen LogP contribution in [0.15, 0.2) is 30.7 Å². The molecule has 2 rings (SSSR count). The van der Waals surface area contributed by atoms with Crippen LogP contribution in [0.1, 0.15) is 12.0 Å². The second-order valence-corrected chi connectivity index (χ2v) is 5.32. The normalized spacial score (nSPS) is 12.1. The molecule has 0 saturated heterocycles. The summed E-state index contributed by atoms with van der Waals surface area (Å²) in [5, 5.41) is 13.2. The van der Waals surface area contributed by atoms with Crippen LogP contribution in [0.25, 0.3) is 11.3 Å². The van der Waals surface area contributed by atoms with Crippen molar-refractivity contribution in [2.24, 2.45) is 7.05 Å². The van der Waals surface area contributed by atoms with Crippen LogP contribution in [-0.2, 0) is 13.6 Å². The molecule has 23 heavy (non-hydrogen) atoms. The van der Waals surface area contributed by atoms with E-state index >= 15 is 0 Å². The number of halogens is 3. The standard InChI is InChI=1S/C15H19F3N4O/c1-21-9-13(14(20-21)12-3-5-19-6-4-12)10-22(7-2-8-23)11-15(16,17)18/h3-6,9,23H,2,7-8,10-11H2,1H3. The third-order valence-corrected chi connectivity index (χ3v) is 3.29. The Balaban J connectivity index is 2.22. The van der Waals surface area contributed by atoms with Gasteiger partial charge in [-0.2, -0.15) is 18.3 Å². The molecular weight excluding hydrogens is 309 g/mol. The average molecular weight is 328 g/mol. The largest absolute Gasteiger partial charge is 0.401 e.